The van der Waals surface area contributed by atoms with Crippen LogP contribution in [0.4, 0.5) is 0 Å². The van der Waals surface area contributed by atoms with Gasteiger partial charge in [0.15, 0.2) is 17.2 Å². The molecule has 6 N–H and O–H groups in total. The Hall–Kier alpha value is -2.37. The first-order chi connectivity index (χ1) is 17.2. The van der Waals surface area contributed by atoms with Gasteiger partial charge in [-0.25, -0.2) is 0 Å². The molecule has 11 nitrogen and oxygen atoms in total. The largest absolute Gasteiger partial charge is 0.508 e. The number of carbonyl (C=O) groups excluding carboxylic acids is 4. The van der Waals surface area contributed by atoms with E-state index in [1.54, 1.807) is 0 Å². The van der Waals surface area contributed by atoms with Crippen LogP contribution < -0.4 is 5.73 Å². The minimum atomic E-state index is -2.70. The van der Waals surface area contributed by atoms with Crippen LogP contribution in [-0.2, 0) is 53.5 Å². The van der Waals surface area contributed by atoms with Crippen LogP contribution >= 0.6 is 0 Å². The van der Waals surface area contributed by atoms with Crippen LogP contribution in [0, 0.1) is 11.8 Å². The molecule has 0 spiro atoms. The maximum atomic E-state index is 13.8. The SMILES string of the molecule is CN(C)CCC(=O)c1ccc(O)c2c1C[C@H]1C[C@H]3[C@@H](N(C)C)C(=O)C(C(N)=O)=C(O)[C@@]3(O)C(=O)C1=C2O.[B].[Y]. The van der Waals surface area contributed by atoms with Crippen molar-refractivity contribution in [3.8, 4) is 5.75 Å². The van der Waals surface area contributed by atoms with Gasteiger partial charge in [-0.3, -0.25) is 24.1 Å². The molecule has 1 amide bonds. The number of ketones is 3. The number of amides is 1. The van der Waals surface area contributed by atoms with E-state index in [0.717, 1.165) is 0 Å². The molecule has 0 unspecified atom stereocenters. The first-order valence-corrected chi connectivity index (χ1v) is 11.9. The topological polar surface area (TPSA) is 182 Å². The first-order valence-electron chi connectivity index (χ1n) is 11.9. The number of hydrogen-bond donors (Lipinski definition) is 5. The molecule has 4 atom stereocenters. The fourth-order valence-electron chi connectivity index (χ4n) is 5.97. The van der Waals surface area contributed by atoms with E-state index in [9.17, 15) is 39.6 Å². The van der Waals surface area contributed by atoms with Crippen LogP contribution in [0.25, 0.3) is 5.76 Å². The predicted octanol–water partition coefficient (Wildman–Crippen LogP) is -0.285. The molecule has 0 aliphatic heterocycles. The molecular formula is C26H31BN3O8Y. The Morgan fingerprint density at radius 3 is 2.26 bits per heavy atom. The predicted molar refractivity (Wildman–Crippen MR) is 138 cm³/mol. The molecule has 0 bridgehead atoms. The number of aliphatic hydroxyl groups excluding tert-OH is 2. The molecule has 3 aliphatic rings. The normalized spacial score (nSPS) is 26.0. The summed E-state index contributed by atoms with van der Waals surface area (Å²) in [6.07, 6.45) is 0.234. The maximum Gasteiger partial charge on any atom is 0.255 e. The van der Waals surface area contributed by atoms with E-state index in [2.05, 4.69) is 0 Å². The summed E-state index contributed by atoms with van der Waals surface area (Å²) in [7, 11) is 6.73. The summed E-state index contributed by atoms with van der Waals surface area (Å²) < 4.78 is 0. The second-order valence-electron chi connectivity index (χ2n) is 10.4. The third kappa shape index (κ3) is 5.02. The Kier molecular flexibility index (Phi) is 9.79. The van der Waals surface area contributed by atoms with E-state index >= 15 is 0 Å². The average Bonchev–Trinajstić information content (AvgIpc) is 2.79. The van der Waals surface area contributed by atoms with Crippen molar-refractivity contribution in [3.05, 3.63) is 45.7 Å². The van der Waals surface area contributed by atoms with Crippen LogP contribution in [0.15, 0.2) is 29.0 Å². The van der Waals surface area contributed by atoms with Crippen molar-refractivity contribution in [1.82, 2.24) is 9.80 Å². The number of aliphatic hydroxyl groups is 3. The molecule has 4 radical (unpaired) electrons. The van der Waals surface area contributed by atoms with Gasteiger partial charge in [0, 0.05) is 71.1 Å². The molecule has 4 rings (SSSR count). The number of nitrogens with two attached hydrogens (primary N) is 1. The zero-order valence-electron chi connectivity index (χ0n) is 22.3. The Morgan fingerprint density at radius 2 is 1.72 bits per heavy atom. The molecule has 0 aromatic heterocycles. The van der Waals surface area contributed by atoms with Gasteiger partial charge in [-0.1, -0.05) is 0 Å². The molecule has 1 aromatic carbocycles. The van der Waals surface area contributed by atoms with Crippen LogP contribution in [0.2, 0.25) is 0 Å². The maximum absolute atomic E-state index is 13.8. The van der Waals surface area contributed by atoms with Crippen LogP contribution in [-0.4, -0.2) is 108 Å². The van der Waals surface area contributed by atoms with Crippen molar-refractivity contribution in [2.75, 3.05) is 34.7 Å². The van der Waals surface area contributed by atoms with Gasteiger partial charge in [-0.15, -0.1) is 0 Å². The number of carbonyl (C=O) groups is 4. The first kappa shape index (κ1) is 32.8. The molecule has 1 fully saturated rings. The molecular weight excluding hydrogens is 582 g/mol. The number of likely N-dealkylation sites (N-methyl/N-ethyl adjacent to an activating group) is 1. The van der Waals surface area contributed by atoms with Gasteiger partial charge in [0.05, 0.1) is 11.6 Å². The second-order valence-corrected chi connectivity index (χ2v) is 10.4. The van der Waals surface area contributed by atoms with Gasteiger partial charge < -0.3 is 31.1 Å². The Labute approximate surface area is 253 Å². The van der Waals surface area contributed by atoms with Crippen molar-refractivity contribution < 1.29 is 72.3 Å². The van der Waals surface area contributed by atoms with Gasteiger partial charge in [-0.2, -0.15) is 0 Å². The van der Waals surface area contributed by atoms with Crippen molar-refractivity contribution in [1.29, 1.82) is 0 Å². The number of rotatable bonds is 6. The van der Waals surface area contributed by atoms with Crippen molar-refractivity contribution in [2.45, 2.75) is 30.9 Å². The van der Waals surface area contributed by atoms with Gasteiger partial charge >= 0.3 is 0 Å². The van der Waals surface area contributed by atoms with Crippen LogP contribution in [0.5, 0.6) is 5.75 Å². The summed E-state index contributed by atoms with van der Waals surface area (Å²) in [6.45, 7) is 0.485. The summed E-state index contributed by atoms with van der Waals surface area (Å²) in [5.41, 5.74) is 2.09. The third-order valence-corrected chi connectivity index (χ3v) is 7.69. The van der Waals surface area contributed by atoms with E-state index in [1.807, 2.05) is 19.0 Å². The smallest absolute Gasteiger partial charge is 0.255 e. The van der Waals surface area contributed by atoms with Gasteiger partial charge in [0.2, 0.25) is 5.78 Å². The number of fused-ring (bicyclic) bond motifs is 3. The zero-order valence-corrected chi connectivity index (χ0v) is 25.1. The van der Waals surface area contributed by atoms with E-state index in [-0.39, 0.29) is 83.1 Å². The van der Waals surface area contributed by atoms with Crippen molar-refractivity contribution >= 4 is 37.4 Å². The van der Waals surface area contributed by atoms with E-state index in [4.69, 9.17) is 5.73 Å². The molecule has 39 heavy (non-hydrogen) atoms. The van der Waals surface area contributed by atoms with Crippen LogP contribution in [0.3, 0.4) is 0 Å². The number of aromatic hydroxyl groups is 1. The summed E-state index contributed by atoms with van der Waals surface area (Å²) in [4.78, 5) is 55.3. The number of Topliss-reactive ketones (excluding diaryl/α,β-unsaturated/α-hetero) is 3. The van der Waals surface area contributed by atoms with E-state index < -0.39 is 58.0 Å². The summed E-state index contributed by atoms with van der Waals surface area (Å²) in [5.74, 6) is -7.41. The van der Waals surface area contributed by atoms with Crippen LogP contribution in [0.1, 0.15) is 34.3 Å². The minimum absolute atomic E-state index is 0. The average molecular weight is 613 g/mol. The standard InChI is InChI=1S/C26H31N3O8.B.Y/c1-28(2)8-7-15(30)12-5-6-16(31)18-13(12)9-11-10-14-20(29(3)4)22(33)19(25(27)36)24(35)26(14,37)23(34)17(11)21(18)32;;/h5-6,11,14,20,31-32,35,37H,7-10H2,1-4H3,(H2,27,36);;/t11-,14-,20+,26-;;/m0../s1. The Bertz CT molecular complexity index is 1310. The van der Waals surface area contributed by atoms with Gasteiger partial charge in [0.25, 0.3) is 5.91 Å². The Morgan fingerprint density at radius 1 is 1.10 bits per heavy atom. The number of primary amides is 1. The van der Waals surface area contributed by atoms with Gasteiger partial charge in [0.1, 0.15) is 22.8 Å². The quantitative estimate of drug-likeness (QED) is 0.163. The zero-order chi connectivity index (χ0) is 27.6. The number of benzene rings is 1. The third-order valence-electron chi connectivity index (χ3n) is 7.69. The molecule has 204 valence electrons. The number of nitrogens with zero attached hydrogens (tertiary/aromatic N) is 2. The summed E-state index contributed by atoms with van der Waals surface area (Å²) in [5, 5.41) is 44.3. The van der Waals surface area contributed by atoms with E-state index in [0.29, 0.717) is 17.7 Å². The monoisotopic (exact) mass is 613 g/mol. The fourth-order valence-corrected chi connectivity index (χ4v) is 5.97. The molecule has 0 saturated heterocycles. The summed E-state index contributed by atoms with van der Waals surface area (Å²) >= 11 is 0. The molecule has 1 aromatic rings. The summed E-state index contributed by atoms with van der Waals surface area (Å²) in [6, 6.07) is 1.57. The number of hydrogen-bond acceptors (Lipinski definition) is 10. The van der Waals surface area contributed by atoms with Gasteiger partial charge in [-0.05, 0) is 64.6 Å². The molecule has 13 heteroatoms. The minimum Gasteiger partial charge on any atom is -0.508 e. The molecule has 3 aliphatic carbocycles. The molecule has 1 saturated carbocycles. The van der Waals surface area contributed by atoms with E-state index in [1.165, 1.54) is 31.1 Å². The Balaban J connectivity index is 0.00000267. The second kappa shape index (κ2) is 11.6. The fraction of sp³-hybridized carbons (Fsp3) is 0.462. The van der Waals surface area contributed by atoms with Crippen molar-refractivity contribution in [2.24, 2.45) is 17.6 Å². The number of phenolic OH excluding ortho intramolecular Hbond substituents is 1. The van der Waals surface area contributed by atoms with Crippen molar-refractivity contribution in [3.63, 3.8) is 0 Å². The number of phenols is 1. The molecule has 0 heterocycles.